The van der Waals surface area contributed by atoms with Gasteiger partial charge in [0.05, 0.1) is 0 Å². The summed E-state index contributed by atoms with van der Waals surface area (Å²) >= 11 is 0. The average molecular weight is 390 g/mol. The average Bonchev–Trinajstić information content (AvgIpc) is 3.11. The van der Waals surface area contributed by atoms with Crippen molar-refractivity contribution in [1.82, 2.24) is 5.32 Å². The molecule has 0 amide bonds. The number of nitrogens with one attached hydrogen (secondary N) is 1. The van der Waals surface area contributed by atoms with Crippen LogP contribution in [0.4, 0.5) is 0 Å². The van der Waals surface area contributed by atoms with Crippen molar-refractivity contribution >= 4 is 0 Å². The lowest BCUT2D eigenvalue weighted by Gasteiger charge is -2.33. The summed E-state index contributed by atoms with van der Waals surface area (Å²) in [6.45, 7) is 0. The summed E-state index contributed by atoms with van der Waals surface area (Å²) in [6, 6.07) is 1.68. The van der Waals surface area contributed by atoms with Crippen LogP contribution in [0.15, 0.2) is 0 Å². The predicted octanol–water partition coefficient (Wildman–Crippen LogP) is 8.56. The van der Waals surface area contributed by atoms with Crippen LogP contribution in [0.25, 0.3) is 0 Å². The first-order valence-electron chi connectivity index (χ1n) is 13.7. The third kappa shape index (κ3) is 8.37. The highest BCUT2D eigenvalue weighted by Crippen LogP contribution is 2.38. The summed E-state index contributed by atoms with van der Waals surface area (Å²) in [6.07, 6.45) is 34.4. The Hall–Kier alpha value is -0.0400. The molecule has 3 rings (SSSR count). The van der Waals surface area contributed by atoms with E-state index >= 15 is 0 Å². The van der Waals surface area contributed by atoms with Crippen LogP contribution in [0.2, 0.25) is 0 Å². The van der Waals surface area contributed by atoms with E-state index in [1.54, 1.807) is 0 Å². The van der Waals surface area contributed by atoms with Crippen molar-refractivity contribution in [3.8, 4) is 0 Å². The molecule has 3 aliphatic rings. The second kappa shape index (κ2) is 14.1. The molecule has 1 heteroatoms. The van der Waals surface area contributed by atoms with Crippen LogP contribution in [-0.4, -0.2) is 12.1 Å². The van der Waals surface area contributed by atoms with E-state index < -0.39 is 0 Å². The first-order valence-corrected chi connectivity index (χ1v) is 13.7. The Balaban J connectivity index is 1.51. The Kier molecular flexibility index (Phi) is 11.4. The minimum absolute atomic E-state index is 0.825. The van der Waals surface area contributed by atoms with Gasteiger partial charge in [-0.15, -0.1) is 0 Å². The summed E-state index contributed by atoms with van der Waals surface area (Å²) in [5.41, 5.74) is 0. The van der Waals surface area contributed by atoms with E-state index in [1.165, 1.54) is 148 Å². The molecule has 2 atom stereocenters. The first kappa shape index (κ1) is 22.6. The smallest absolute Gasteiger partial charge is 0.0101 e. The lowest BCUT2D eigenvalue weighted by atomic mass is 9.80. The quantitative estimate of drug-likeness (QED) is 0.509. The molecule has 0 heterocycles. The third-order valence-corrected chi connectivity index (χ3v) is 8.38. The fourth-order valence-electron chi connectivity index (χ4n) is 6.66. The molecule has 164 valence electrons. The van der Waals surface area contributed by atoms with Crippen molar-refractivity contribution in [3.05, 3.63) is 0 Å². The maximum absolute atomic E-state index is 4.28. The molecule has 28 heavy (non-hydrogen) atoms. The van der Waals surface area contributed by atoms with E-state index in [1.807, 2.05) is 0 Å². The SMILES string of the molecule is C1CCCCCC(NC2CCCC2C2CCCCCCCCCC2)CCCC1. The van der Waals surface area contributed by atoms with E-state index in [4.69, 9.17) is 0 Å². The van der Waals surface area contributed by atoms with Crippen LogP contribution in [0.5, 0.6) is 0 Å². The van der Waals surface area contributed by atoms with Crippen LogP contribution in [0.3, 0.4) is 0 Å². The maximum atomic E-state index is 4.28. The van der Waals surface area contributed by atoms with E-state index in [-0.39, 0.29) is 0 Å². The van der Waals surface area contributed by atoms with Gasteiger partial charge in [-0.05, 0) is 37.5 Å². The summed E-state index contributed by atoms with van der Waals surface area (Å²) in [5, 5.41) is 4.28. The second-order valence-corrected chi connectivity index (χ2v) is 10.6. The van der Waals surface area contributed by atoms with Gasteiger partial charge >= 0.3 is 0 Å². The molecule has 3 aliphatic carbocycles. The highest BCUT2D eigenvalue weighted by atomic mass is 15.0. The molecule has 0 bridgehead atoms. The first-order chi connectivity index (χ1) is 13.9. The topological polar surface area (TPSA) is 12.0 Å². The molecule has 0 aromatic heterocycles. The standard InChI is InChI=1S/C27H51N/c1-2-6-10-14-19-24(18-13-9-5-1)26-22-17-23-27(26)28-25-20-15-11-7-3-4-8-12-16-21-25/h24-28H,1-23H2. The van der Waals surface area contributed by atoms with Crippen molar-refractivity contribution < 1.29 is 0 Å². The zero-order valence-electron chi connectivity index (χ0n) is 19.1. The van der Waals surface area contributed by atoms with Crippen molar-refractivity contribution in [2.45, 2.75) is 160 Å². The van der Waals surface area contributed by atoms with Gasteiger partial charge in [-0.1, -0.05) is 122 Å². The minimum atomic E-state index is 0.825. The van der Waals surface area contributed by atoms with E-state index in [0.29, 0.717) is 0 Å². The summed E-state index contributed by atoms with van der Waals surface area (Å²) in [4.78, 5) is 0. The molecule has 3 fully saturated rings. The molecule has 0 saturated heterocycles. The van der Waals surface area contributed by atoms with Gasteiger partial charge in [0.1, 0.15) is 0 Å². The molecule has 0 aromatic carbocycles. The molecule has 3 saturated carbocycles. The largest absolute Gasteiger partial charge is 0.311 e. The van der Waals surface area contributed by atoms with Gasteiger partial charge in [0.2, 0.25) is 0 Å². The predicted molar refractivity (Wildman–Crippen MR) is 124 cm³/mol. The van der Waals surface area contributed by atoms with Gasteiger partial charge in [0.25, 0.3) is 0 Å². The van der Waals surface area contributed by atoms with Crippen LogP contribution < -0.4 is 5.32 Å². The Morgan fingerprint density at radius 3 is 1.29 bits per heavy atom. The van der Waals surface area contributed by atoms with Crippen molar-refractivity contribution in [1.29, 1.82) is 0 Å². The summed E-state index contributed by atoms with van der Waals surface area (Å²) in [5.74, 6) is 2.03. The number of hydrogen-bond acceptors (Lipinski definition) is 1. The lowest BCUT2D eigenvalue weighted by molar-refractivity contribution is 0.221. The van der Waals surface area contributed by atoms with Crippen molar-refractivity contribution in [3.63, 3.8) is 0 Å². The molecule has 0 aromatic rings. The lowest BCUT2D eigenvalue weighted by Crippen LogP contribution is -2.42. The highest BCUT2D eigenvalue weighted by Gasteiger charge is 2.34. The fraction of sp³-hybridized carbons (Fsp3) is 1.00. The van der Waals surface area contributed by atoms with Gasteiger partial charge in [-0.2, -0.15) is 0 Å². The van der Waals surface area contributed by atoms with Crippen LogP contribution >= 0.6 is 0 Å². The van der Waals surface area contributed by atoms with Gasteiger partial charge in [0, 0.05) is 12.1 Å². The Labute approximate surface area is 177 Å². The molecule has 0 aliphatic heterocycles. The van der Waals surface area contributed by atoms with Gasteiger partial charge < -0.3 is 5.32 Å². The van der Waals surface area contributed by atoms with Gasteiger partial charge in [0.15, 0.2) is 0 Å². The normalized spacial score (nSPS) is 31.7. The summed E-state index contributed by atoms with van der Waals surface area (Å²) < 4.78 is 0. The molecule has 1 N–H and O–H groups in total. The van der Waals surface area contributed by atoms with Gasteiger partial charge in [-0.25, -0.2) is 0 Å². The molecular formula is C27H51N. The van der Waals surface area contributed by atoms with Crippen molar-refractivity contribution in [2.75, 3.05) is 0 Å². The van der Waals surface area contributed by atoms with Crippen molar-refractivity contribution in [2.24, 2.45) is 11.8 Å². The van der Waals surface area contributed by atoms with E-state index in [2.05, 4.69) is 5.32 Å². The Bertz CT molecular complexity index is 354. The second-order valence-electron chi connectivity index (χ2n) is 10.6. The van der Waals surface area contributed by atoms with E-state index in [0.717, 1.165) is 23.9 Å². The minimum Gasteiger partial charge on any atom is -0.311 e. The molecule has 0 spiro atoms. The van der Waals surface area contributed by atoms with Crippen LogP contribution in [0, 0.1) is 11.8 Å². The number of rotatable bonds is 3. The number of hydrogen-bond donors (Lipinski definition) is 1. The third-order valence-electron chi connectivity index (χ3n) is 8.38. The maximum Gasteiger partial charge on any atom is 0.0101 e. The molecule has 0 radical (unpaired) electrons. The fourth-order valence-corrected chi connectivity index (χ4v) is 6.66. The van der Waals surface area contributed by atoms with Gasteiger partial charge in [-0.3, -0.25) is 0 Å². The highest BCUT2D eigenvalue weighted by molar-refractivity contribution is 4.90. The molecule has 2 unspecified atom stereocenters. The zero-order valence-corrected chi connectivity index (χ0v) is 19.1. The zero-order chi connectivity index (χ0) is 19.3. The molecular weight excluding hydrogens is 338 g/mol. The summed E-state index contributed by atoms with van der Waals surface area (Å²) in [7, 11) is 0. The Morgan fingerprint density at radius 1 is 0.357 bits per heavy atom. The van der Waals surface area contributed by atoms with Crippen LogP contribution in [0.1, 0.15) is 148 Å². The molecule has 1 nitrogen and oxygen atoms in total. The van der Waals surface area contributed by atoms with Crippen LogP contribution in [-0.2, 0) is 0 Å². The Morgan fingerprint density at radius 2 is 0.786 bits per heavy atom. The van der Waals surface area contributed by atoms with E-state index in [9.17, 15) is 0 Å². The monoisotopic (exact) mass is 389 g/mol.